The molecule has 0 aromatic rings. The van der Waals surface area contributed by atoms with Crippen LogP contribution >= 0.6 is 0 Å². The maximum atomic E-state index is 12.2. The van der Waals surface area contributed by atoms with Crippen LogP contribution in [0.4, 0.5) is 0 Å². The van der Waals surface area contributed by atoms with E-state index in [4.69, 9.17) is 9.47 Å². The molecule has 0 aromatic heterocycles. The van der Waals surface area contributed by atoms with E-state index in [2.05, 4.69) is 26.8 Å². The largest absolute Gasteiger partial charge is 0.362 e. The van der Waals surface area contributed by atoms with Crippen LogP contribution in [0.15, 0.2) is 48.1 Å². The number of rotatable bonds is 11. The Balaban J connectivity index is 0.000000311. The second-order valence-electron chi connectivity index (χ2n) is 8.74. The molecule has 0 saturated carbocycles. The minimum atomic E-state index is -0.785. The van der Waals surface area contributed by atoms with Crippen LogP contribution in [0, 0.1) is 5.92 Å². The first-order valence-electron chi connectivity index (χ1n) is 11.6. The van der Waals surface area contributed by atoms with Crippen molar-refractivity contribution in [3.63, 3.8) is 0 Å². The molecule has 2 rings (SSSR count). The number of carbonyl (C=O) groups excluding carboxylic acids is 2. The normalized spacial score (nSPS) is 21.5. The Hall–Kier alpha value is -1.78. The summed E-state index contributed by atoms with van der Waals surface area (Å²) in [6, 6.07) is 0. The predicted molar refractivity (Wildman–Crippen MR) is 128 cm³/mol. The third kappa shape index (κ3) is 7.69. The van der Waals surface area contributed by atoms with Crippen LogP contribution in [0.3, 0.4) is 0 Å². The molecule has 2 aliphatic carbocycles. The molecule has 174 valence electrons. The van der Waals surface area contributed by atoms with Crippen LogP contribution in [0.5, 0.6) is 0 Å². The van der Waals surface area contributed by atoms with Gasteiger partial charge in [-0.1, -0.05) is 57.9 Å². The van der Waals surface area contributed by atoms with Crippen LogP contribution in [0.25, 0.3) is 0 Å². The van der Waals surface area contributed by atoms with E-state index in [-0.39, 0.29) is 11.6 Å². The molecule has 0 N–H and O–H groups in total. The summed E-state index contributed by atoms with van der Waals surface area (Å²) in [6.45, 7) is 8.37. The number of hydrogen-bond acceptors (Lipinski definition) is 4. The molecule has 0 radical (unpaired) electrons. The molecular weight excluding hydrogens is 388 g/mol. The van der Waals surface area contributed by atoms with Gasteiger partial charge in [0, 0.05) is 27.1 Å². The molecule has 1 unspecified atom stereocenters. The Kier molecular flexibility index (Phi) is 12.0. The lowest BCUT2D eigenvalue weighted by Gasteiger charge is -2.31. The third-order valence-electron chi connectivity index (χ3n) is 5.97. The molecule has 31 heavy (non-hydrogen) atoms. The average Bonchev–Trinajstić information content (AvgIpc) is 2.78. The minimum absolute atomic E-state index is 0.158. The van der Waals surface area contributed by atoms with Gasteiger partial charge < -0.3 is 9.47 Å². The fourth-order valence-electron chi connectivity index (χ4n) is 3.81. The third-order valence-corrected chi connectivity index (χ3v) is 5.97. The maximum absolute atomic E-state index is 12.2. The van der Waals surface area contributed by atoms with Gasteiger partial charge in [0.1, 0.15) is 0 Å². The van der Waals surface area contributed by atoms with Gasteiger partial charge in [0.05, 0.1) is 0 Å². The van der Waals surface area contributed by atoms with E-state index >= 15 is 0 Å². The molecule has 4 heteroatoms. The monoisotopic (exact) mass is 430 g/mol. The lowest BCUT2D eigenvalue weighted by atomic mass is 9.83. The van der Waals surface area contributed by atoms with Crippen molar-refractivity contribution in [2.45, 2.75) is 90.3 Å². The van der Waals surface area contributed by atoms with E-state index in [0.717, 1.165) is 44.1 Å². The molecule has 1 atom stereocenters. The molecule has 0 amide bonds. The van der Waals surface area contributed by atoms with E-state index in [1.165, 1.54) is 0 Å². The van der Waals surface area contributed by atoms with E-state index in [1.807, 2.05) is 43.4 Å². The number of unbranched alkanes of at least 4 members (excludes halogenated alkanes) is 2. The van der Waals surface area contributed by atoms with Crippen LogP contribution < -0.4 is 0 Å². The molecule has 0 spiro atoms. The average molecular weight is 431 g/mol. The summed E-state index contributed by atoms with van der Waals surface area (Å²) in [5, 5.41) is 0. The second-order valence-corrected chi connectivity index (χ2v) is 8.74. The van der Waals surface area contributed by atoms with Gasteiger partial charge in [0.2, 0.25) is 0 Å². The summed E-state index contributed by atoms with van der Waals surface area (Å²) in [5.41, 5.74) is -0.530. The van der Waals surface area contributed by atoms with Crippen molar-refractivity contribution >= 4 is 11.6 Å². The number of Topliss-reactive ketones (excluding diaryl/α,β-unsaturated/α-hetero) is 2. The molecular formula is C27H42O4. The number of ether oxygens (including phenoxy) is 2. The Bertz CT molecular complexity index is 684. The van der Waals surface area contributed by atoms with Crippen molar-refractivity contribution in [3.8, 4) is 0 Å². The molecule has 0 aromatic carbocycles. The maximum Gasteiger partial charge on any atom is 0.172 e. The number of methoxy groups -OCH3 is 2. The van der Waals surface area contributed by atoms with Gasteiger partial charge in [-0.25, -0.2) is 0 Å². The lowest BCUT2D eigenvalue weighted by Crippen LogP contribution is -2.41. The van der Waals surface area contributed by atoms with Crippen molar-refractivity contribution in [2.24, 2.45) is 5.92 Å². The van der Waals surface area contributed by atoms with Crippen LogP contribution in [0.2, 0.25) is 0 Å². The smallest absolute Gasteiger partial charge is 0.172 e. The topological polar surface area (TPSA) is 52.6 Å². The van der Waals surface area contributed by atoms with E-state index in [1.54, 1.807) is 14.2 Å². The number of ketones is 2. The highest BCUT2D eigenvalue weighted by atomic mass is 16.5. The zero-order chi connectivity index (χ0) is 23.3. The summed E-state index contributed by atoms with van der Waals surface area (Å²) >= 11 is 0. The predicted octanol–water partition coefficient (Wildman–Crippen LogP) is 6.32. The summed E-state index contributed by atoms with van der Waals surface area (Å²) < 4.78 is 10.8. The Labute approximate surface area is 189 Å². The van der Waals surface area contributed by atoms with Gasteiger partial charge in [-0.15, -0.1) is 0 Å². The molecule has 0 heterocycles. The van der Waals surface area contributed by atoms with E-state index in [0.29, 0.717) is 18.8 Å². The Morgan fingerprint density at radius 1 is 0.935 bits per heavy atom. The summed E-state index contributed by atoms with van der Waals surface area (Å²) in [4.78, 5) is 24.2. The number of carbonyl (C=O) groups is 2. The fourth-order valence-corrected chi connectivity index (χ4v) is 3.81. The van der Waals surface area contributed by atoms with Crippen LogP contribution in [-0.4, -0.2) is 37.0 Å². The van der Waals surface area contributed by atoms with Crippen molar-refractivity contribution in [1.29, 1.82) is 0 Å². The van der Waals surface area contributed by atoms with Crippen LogP contribution in [-0.2, 0) is 19.1 Å². The van der Waals surface area contributed by atoms with Gasteiger partial charge in [-0.3, -0.25) is 9.59 Å². The summed E-state index contributed by atoms with van der Waals surface area (Å²) in [6.07, 6.45) is 20.8. The Morgan fingerprint density at radius 3 is 2.10 bits per heavy atom. The molecule has 0 fully saturated rings. The zero-order valence-electron chi connectivity index (χ0n) is 20.4. The Morgan fingerprint density at radius 2 is 1.58 bits per heavy atom. The highest BCUT2D eigenvalue weighted by Gasteiger charge is 2.37. The number of allylic oxidation sites excluding steroid dienone is 4. The molecule has 4 nitrogen and oxygen atoms in total. The van der Waals surface area contributed by atoms with Gasteiger partial charge in [0.15, 0.2) is 22.8 Å². The van der Waals surface area contributed by atoms with Crippen molar-refractivity contribution in [1.82, 2.24) is 0 Å². The second kappa shape index (κ2) is 13.6. The highest BCUT2D eigenvalue weighted by molar-refractivity contribution is 5.93. The zero-order valence-corrected chi connectivity index (χ0v) is 20.4. The van der Waals surface area contributed by atoms with E-state index < -0.39 is 11.2 Å². The quantitative estimate of drug-likeness (QED) is 0.284. The first kappa shape index (κ1) is 27.3. The minimum Gasteiger partial charge on any atom is -0.362 e. The first-order chi connectivity index (χ1) is 14.8. The molecule has 2 aliphatic rings. The summed E-state index contributed by atoms with van der Waals surface area (Å²) in [5.74, 6) is 0.901. The molecule has 0 aliphatic heterocycles. The van der Waals surface area contributed by atoms with Gasteiger partial charge >= 0.3 is 0 Å². The van der Waals surface area contributed by atoms with E-state index in [9.17, 15) is 9.59 Å². The summed E-state index contributed by atoms with van der Waals surface area (Å²) in [7, 11) is 3.21. The van der Waals surface area contributed by atoms with Gasteiger partial charge in [0.25, 0.3) is 0 Å². The lowest BCUT2D eigenvalue weighted by molar-refractivity contribution is -0.133. The van der Waals surface area contributed by atoms with Crippen LogP contribution in [0.1, 0.15) is 79.1 Å². The molecule has 0 bridgehead atoms. The van der Waals surface area contributed by atoms with Crippen molar-refractivity contribution in [3.05, 3.63) is 48.1 Å². The van der Waals surface area contributed by atoms with Crippen molar-refractivity contribution in [2.75, 3.05) is 14.2 Å². The number of hydrogen-bond donors (Lipinski definition) is 0. The fraction of sp³-hybridized carbons (Fsp3) is 0.630. The first-order valence-corrected chi connectivity index (χ1v) is 11.6. The molecule has 0 saturated heterocycles. The standard InChI is InChI=1S/C14H22O2.C13H20O2/c1-4-5-6-10-13(15)14(16-3)11-8-7-9-12(14)2;1-11(2)7-8-12(14)13(15-3)9-5-4-6-10-13/h8-9,11H,4-7,10H2,1-3H3;5-6,9-11H,4,7-8H2,1-3H3. The van der Waals surface area contributed by atoms with Gasteiger partial charge in [-0.2, -0.15) is 0 Å². The highest BCUT2D eigenvalue weighted by Crippen LogP contribution is 2.30. The van der Waals surface area contributed by atoms with Crippen molar-refractivity contribution < 1.29 is 19.1 Å². The van der Waals surface area contributed by atoms with Gasteiger partial charge in [-0.05, 0) is 62.3 Å². The SMILES string of the molecule is CCCCCC(=O)C1(OC)C=CCC=C1C.COC1(C(=O)CCC(C)C)C=CCC=C1.